The van der Waals surface area contributed by atoms with Gasteiger partial charge in [0.05, 0.1) is 5.56 Å². The lowest BCUT2D eigenvalue weighted by atomic mass is 10.3. The SMILES string of the molecule is CN(C)c1ncccc1C#N.Cl. The molecule has 0 fully saturated rings. The summed E-state index contributed by atoms with van der Waals surface area (Å²) in [7, 11) is 3.73. The summed E-state index contributed by atoms with van der Waals surface area (Å²) in [6.07, 6.45) is 1.68. The zero-order valence-electron chi connectivity index (χ0n) is 6.98. The molecule has 1 aromatic heterocycles. The number of hydrogen-bond acceptors (Lipinski definition) is 3. The van der Waals surface area contributed by atoms with E-state index in [1.807, 2.05) is 19.0 Å². The molecule has 0 radical (unpaired) electrons. The van der Waals surface area contributed by atoms with Crippen LogP contribution in [0.3, 0.4) is 0 Å². The molecule has 0 aromatic carbocycles. The second-order valence-corrected chi connectivity index (χ2v) is 2.38. The van der Waals surface area contributed by atoms with E-state index in [0.717, 1.165) is 5.82 Å². The van der Waals surface area contributed by atoms with Gasteiger partial charge in [-0.05, 0) is 12.1 Å². The smallest absolute Gasteiger partial charge is 0.145 e. The van der Waals surface area contributed by atoms with Gasteiger partial charge in [-0.2, -0.15) is 5.26 Å². The van der Waals surface area contributed by atoms with Crippen molar-refractivity contribution in [3.8, 4) is 6.07 Å². The molecule has 64 valence electrons. The predicted octanol–water partition coefficient (Wildman–Crippen LogP) is 1.44. The van der Waals surface area contributed by atoms with E-state index in [1.165, 1.54) is 0 Å². The van der Waals surface area contributed by atoms with Gasteiger partial charge in [0.15, 0.2) is 0 Å². The van der Waals surface area contributed by atoms with Gasteiger partial charge in [0.1, 0.15) is 11.9 Å². The van der Waals surface area contributed by atoms with Gasteiger partial charge in [0.25, 0.3) is 0 Å². The Kier molecular flexibility index (Phi) is 4.09. The van der Waals surface area contributed by atoms with E-state index in [9.17, 15) is 0 Å². The standard InChI is InChI=1S/C8H9N3.ClH/c1-11(2)8-7(6-9)4-3-5-10-8;/h3-5H,1-2H3;1H. The Morgan fingerprint density at radius 1 is 1.50 bits per heavy atom. The highest BCUT2D eigenvalue weighted by Gasteiger charge is 2.02. The number of rotatable bonds is 1. The first kappa shape index (κ1) is 10.7. The fourth-order valence-corrected chi connectivity index (χ4v) is 0.841. The van der Waals surface area contributed by atoms with Crippen molar-refractivity contribution >= 4 is 18.2 Å². The Labute approximate surface area is 78.1 Å². The van der Waals surface area contributed by atoms with Crippen LogP contribution in [-0.4, -0.2) is 19.1 Å². The molecule has 0 unspecified atom stereocenters. The highest BCUT2D eigenvalue weighted by molar-refractivity contribution is 5.85. The Morgan fingerprint density at radius 2 is 2.17 bits per heavy atom. The second-order valence-electron chi connectivity index (χ2n) is 2.38. The van der Waals surface area contributed by atoms with Gasteiger partial charge in [0.2, 0.25) is 0 Å². The minimum absolute atomic E-state index is 0. The molecule has 0 aliphatic carbocycles. The monoisotopic (exact) mass is 183 g/mol. The molecular weight excluding hydrogens is 174 g/mol. The number of aromatic nitrogens is 1. The van der Waals surface area contributed by atoms with Gasteiger partial charge in [-0.3, -0.25) is 0 Å². The normalized spacial score (nSPS) is 8.08. The molecule has 4 heteroatoms. The zero-order valence-corrected chi connectivity index (χ0v) is 7.80. The topological polar surface area (TPSA) is 39.9 Å². The molecule has 0 saturated heterocycles. The average Bonchev–Trinajstić information content (AvgIpc) is 2.04. The molecule has 0 bridgehead atoms. The number of hydrogen-bond donors (Lipinski definition) is 0. The zero-order chi connectivity index (χ0) is 8.27. The van der Waals surface area contributed by atoms with Gasteiger partial charge < -0.3 is 4.90 Å². The lowest BCUT2D eigenvalue weighted by Crippen LogP contribution is -2.11. The molecule has 3 nitrogen and oxygen atoms in total. The van der Waals surface area contributed by atoms with Crippen LogP contribution < -0.4 is 4.90 Å². The third kappa shape index (κ3) is 2.11. The van der Waals surface area contributed by atoms with E-state index < -0.39 is 0 Å². The lowest BCUT2D eigenvalue weighted by molar-refractivity contribution is 1.06. The van der Waals surface area contributed by atoms with E-state index in [0.29, 0.717) is 5.56 Å². The second kappa shape index (κ2) is 4.58. The van der Waals surface area contributed by atoms with Crippen LogP contribution in [-0.2, 0) is 0 Å². The highest BCUT2D eigenvalue weighted by Crippen LogP contribution is 2.11. The molecule has 0 spiro atoms. The molecule has 0 N–H and O–H groups in total. The molecule has 0 amide bonds. The van der Waals surface area contributed by atoms with E-state index in [-0.39, 0.29) is 12.4 Å². The molecular formula is C8H10ClN3. The first-order valence-corrected chi connectivity index (χ1v) is 3.28. The van der Waals surface area contributed by atoms with Crippen LogP contribution >= 0.6 is 12.4 Å². The number of pyridine rings is 1. The van der Waals surface area contributed by atoms with Crippen LogP contribution in [0.1, 0.15) is 5.56 Å². The Morgan fingerprint density at radius 3 is 2.58 bits per heavy atom. The van der Waals surface area contributed by atoms with Crippen molar-refractivity contribution in [2.75, 3.05) is 19.0 Å². The van der Waals surface area contributed by atoms with Gasteiger partial charge in [0, 0.05) is 20.3 Å². The number of halogens is 1. The molecule has 0 atom stereocenters. The van der Waals surface area contributed by atoms with Crippen LogP contribution in [0.25, 0.3) is 0 Å². The summed E-state index contributed by atoms with van der Waals surface area (Å²) in [4.78, 5) is 5.87. The van der Waals surface area contributed by atoms with Crippen molar-refractivity contribution in [2.45, 2.75) is 0 Å². The third-order valence-electron chi connectivity index (χ3n) is 1.33. The Bertz CT molecular complexity index is 291. The number of nitrogens with zero attached hydrogens (tertiary/aromatic N) is 3. The summed E-state index contributed by atoms with van der Waals surface area (Å²) >= 11 is 0. The van der Waals surface area contributed by atoms with Crippen molar-refractivity contribution in [1.82, 2.24) is 4.98 Å². The maximum Gasteiger partial charge on any atom is 0.145 e. The third-order valence-corrected chi connectivity index (χ3v) is 1.33. The first-order valence-electron chi connectivity index (χ1n) is 3.28. The van der Waals surface area contributed by atoms with Crippen LogP contribution in [0, 0.1) is 11.3 Å². The van der Waals surface area contributed by atoms with Crippen molar-refractivity contribution in [3.05, 3.63) is 23.9 Å². The summed E-state index contributed by atoms with van der Waals surface area (Å²) in [6.45, 7) is 0. The van der Waals surface area contributed by atoms with Crippen LogP contribution in [0.4, 0.5) is 5.82 Å². The molecule has 0 saturated carbocycles. The van der Waals surface area contributed by atoms with Gasteiger partial charge >= 0.3 is 0 Å². The molecule has 1 aromatic rings. The molecule has 1 rings (SSSR count). The van der Waals surface area contributed by atoms with Gasteiger partial charge in [-0.1, -0.05) is 0 Å². The van der Waals surface area contributed by atoms with Crippen molar-refractivity contribution in [2.24, 2.45) is 0 Å². The summed E-state index contributed by atoms with van der Waals surface area (Å²) in [5, 5.41) is 8.65. The summed E-state index contributed by atoms with van der Waals surface area (Å²) in [5.41, 5.74) is 0.609. The van der Waals surface area contributed by atoms with Gasteiger partial charge in [-0.25, -0.2) is 4.98 Å². The average molecular weight is 184 g/mol. The van der Waals surface area contributed by atoms with Gasteiger partial charge in [-0.15, -0.1) is 12.4 Å². The molecule has 1 heterocycles. The Balaban J connectivity index is 0.00000121. The number of anilines is 1. The molecule has 0 aliphatic rings. The lowest BCUT2D eigenvalue weighted by Gasteiger charge is -2.11. The first-order chi connectivity index (χ1) is 5.25. The van der Waals surface area contributed by atoms with Crippen LogP contribution in [0.5, 0.6) is 0 Å². The minimum atomic E-state index is 0. The highest BCUT2D eigenvalue weighted by atomic mass is 35.5. The van der Waals surface area contributed by atoms with Crippen LogP contribution in [0.15, 0.2) is 18.3 Å². The van der Waals surface area contributed by atoms with Crippen molar-refractivity contribution in [1.29, 1.82) is 5.26 Å². The van der Waals surface area contributed by atoms with E-state index in [2.05, 4.69) is 11.1 Å². The summed E-state index contributed by atoms with van der Waals surface area (Å²) in [6, 6.07) is 5.58. The maximum absolute atomic E-state index is 8.65. The van der Waals surface area contributed by atoms with E-state index >= 15 is 0 Å². The van der Waals surface area contributed by atoms with Crippen LogP contribution in [0.2, 0.25) is 0 Å². The summed E-state index contributed by atoms with van der Waals surface area (Å²) < 4.78 is 0. The summed E-state index contributed by atoms with van der Waals surface area (Å²) in [5.74, 6) is 0.718. The quantitative estimate of drug-likeness (QED) is 0.662. The predicted molar refractivity (Wildman–Crippen MR) is 50.5 cm³/mol. The van der Waals surface area contributed by atoms with E-state index in [4.69, 9.17) is 5.26 Å². The van der Waals surface area contributed by atoms with Crippen molar-refractivity contribution in [3.63, 3.8) is 0 Å². The fraction of sp³-hybridized carbons (Fsp3) is 0.250. The molecule has 0 aliphatic heterocycles. The number of nitriles is 1. The Hall–Kier alpha value is -1.27. The van der Waals surface area contributed by atoms with Crippen molar-refractivity contribution < 1.29 is 0 Å². The largest absolute Gasteiger partial charge is 0.362 e. The minimum Gasteiger partial charge on any atom is -0.362 e. The molecule has 12 heavy (non-hydrogen) atoms. The fourth-order valence-electron chi connectivity index (χ4n) is 0.841. The maximum atomic E-state index is 8.65. The van der Waals surface area contributed by atoms with E-state index in [1.54, 1.807) is 18.3 Å².